The summed E-state index contributed by atoms with van der Waals surface area (Å²) in [5, 5.41) is 0. The highest BCUT2D eigenvalue weighted by Crippen LogP contribution is 2.02. The van der Waals surface area contributed by atoms with E-state index in [2.05, 4.69) is 4.98 Å². The second-order valence-corrected chi connectivity index (χ2v) is 3.55. The van der Waals surface area contributed by atoms with E-state index in [-0.39, 0.29) is 5.91 Å². The van der Waals surface area contributed by atoms with Gasteiger partial charge in [0, 0.05) is 24.5 Å². The highest BCUT2D eigenvalue weighted by atomic mass is 32.1. The number of amides is 1. The summed E-state index contributed by atoms with van der Waals surface area (Å²) in [6, 6.07) is 3.34. The molecular formula is C10H13N3OS. The molecule has 0 atom stereocenters. The lowest BCUT2D eigenvalue weighted by atomic mass is 10.2. The molecule has 15 heavy (non-hydrogen) atoms. The Bertz CT molecular complexity index is 353. The fraction of sp³-hybridized carbons (Fsp3) is 0.300. The predicted octanol–water partition coefficient (Wildman–Crippen LogP) is 0.830. The molecule has 0 saturated carbocycles. The van der Waals surface area contributed by atoms with Crippen LogP contribution < -0.4 is 5.73 Å². The van der Waals surface area contributed by atoms with Crippen LogP contribution in [0.3, 0.4) is 0 Å². The molecular weight excluding hydrogens is 210 g/mol. The van der Waals surface area contributed by atoms with Gasteiger partial charge in [-0.1, -0.05) is 12.2 Å². The quantitative estimate of drug-likeness (QED) is 0.768. The van der Waals surface area contributed by atoms with E-state index in [1.165, 1.54) is 0 Å². The Morgan fingerprint density at radius 1 is 1.53 bits per heavy atom. The number of thiocarbonyl (C=S) groups is 1. The molecule has 0 aliphatic rings. The van der Waals surface area contributed by atoms with Gasteiger partial charge in [-0.3, -0.25) is 9.78 Å². The summed E-state index contributed by atoms with van der Waals surface area (Å²) < 4.78 is 0. The minimum absolute atomic E-state index is 0.0762. The zero-order chi connectivity index (χ0) is 11.3. The summed E-state index contributed by atoms with van der Waals surface area (Å²) in [7, 11) is 0. The van der Waals surface area contributed by atoms with Gasteiger partial charge in [-0.2, -0.15) is 0 Å². The first-order chi connectivity index (χ1) is 7.15. The number of carbonyl (C=O) groups excluding carboxylic acids is 1. The molecule has 1 aromatic rings. The van der Waals surface area contributed by atoms with E-state index in [9.17, 15) is 4.79 Å². The van der Waals surface area contributed by atoms with Gasteiger partial charge >= 0.3 is 0 Å². The molecule has 0 saturated heterocycles. The Hall–Kier alpha value is -1.49. The minimum Gasteiger partial charge on any atom is -0.392 e. The van der Waals surface area contributed by atoms with Crippen molar-refractivity contribution in [2.45, 2.75) is 6.92 Å². The maximum atomic E-state index is 11.9. The molecule has 1 heterocycles. The van der Waals surface area contributed by atoms with Crippen LogP contribution in [0.4, 0.5) is 0 Å². The lowest BCUT2D eigenvalue weighted by Crippen LogP contribution is -2.37. The van der Waals surface area contributed by atoms with Gasteiger partial charge in [0.15, 0.2) is 0 Å². The average molecular weight is 223 g/mol. The minimum atomic E-state index is -0.0762. The largest absolute Gasteiger partial charge is 0.392 e. The maximum absolute atomic E-state index is 11.9. The zero-order valence-corrected chi connectivity index (χ0v) is 9.33. The topological polar surface area (TPSA) is 59.2 Å². The maximum Gasteiger partial charge on any atom is 0.254 e. The second kappa shape index (κ2) is 5.41. The summed E-state index contributed by atoms with van der Waals surface area (Å²) in [5.74, 6) is -0.0762. The molecule has 0 aromatic carbocycles. The van der Waals surface area contributed by atoms with Crippen molar-refractivity contribution < 1.29 is 4.79 Å². The monoisotopic (exact) mass is 223 g/mol. The van der Waals surface area contributed by atoms with Crippen LogP contribution in [-0.2, 0) is 0 Å². The first-order valence-corrected chi connectivity index (χ1v) is 5.03. The molecule has 2 N–H and O–H groups in total. The summed E-state index contributed by atoms with van der Waals surface area (Å²) in [4.78, 5) is 17.7. The summed E-state index contributed by atoms with van der Waals surface area (Å²) in [5.41, 5.74) is 6.01. The summed E-state index contributed by atoms with van der Waals surface area (Å²) in [6.45, 7) is 2.78. The predicted molar refractivity (Wildman–Crippen MR) is 62.6 cm³/mol. The molecule has 80 valence electrons. The molecule has 0 aliphatic carbocycles. The number of carbonyl (C=O) groups is 1. The van der Waals surface area contributed by atoms with Crippen LogP contribution in [0.5, 0.6) is 0 Å². The normalized spacial score (nSPS) is 9.67. The van der Waals surface area contributed by atoms with Crippen molar-refractivity contribution in [2.24, 2.45) is 5.73 Å². The number of rotatable bonds is 4. The molecule has 1 rings (SSSR count). The van der Waals surface area contributed by atoms with E-state index in [0.29, 0.717) is 23.6 Å². The van der Waals surface area contributed by atoms with Crippen LogP contribution in [0.15, 0.2) is 24.5 Å². The number of hydrogen-bond acceptors (Lipinski definition) is 3. The molecule has 0 radical (unpaired) electrons. The van der Waals surface area contributed by atoms with Crippen molar-refractivity contribution in [2.75, 3.05) is 13.1 Å². The Morgan fingerprint density at radius 2 is 2.13 bits per heavy atom. The fourth-order valence-corrected chi connectivity index (χ4v) is 1.35. The van der Waals surface area contributed by atoms with E-state index >= 15 is 0 Å². The van der Waals surface area contributed by atoms with Crippen molar-refractivity contribution in [3.63, 3.8) is 0 Å². The van der Waals surface area contributed by atoms with Crippen LogP contribution in [0.1, 0.15) is 17.3 Å². The SMILES string of the molecule is CCN(CC(N)=S)C(=O)c1ccncc1. The van der Waals surface area contributed by atoms with Crippen molar-refractivity contribution in [3.8, 4) is 0 Å². The van der Waals surface area contributed by atoms with E-state index in [1.807, 2.05) is 6.92 Å². The number of nitrogens with two attached hydrogens (primary N) is 1. The molecule has 1 amide bonds. The van der Waals surface area contributed by atoms with E-state index in [0.717, 1.165) is 0 Å². The van der Waals surface area contributed by atoms with Gasteiger partial charge in [0.05, 0.1) is 11.5 Å². The summed E-state index contributed by atoms with van der Waals surface area (Å²) >= 11 is 4.78. The van der Waals surface area contributed by atoms with Crippen LogP contribution in [0, 0.1) is 0 Å². The van der Waals surface area contributed by atoms with Gasteiger partial charge in [-0.05, 0) is 19.1 Å². The first-order valence-electron chi connectivity index (χ1n) is 4.62. The van der Waals surface area contributed by atoms with E-state index < -0.39 is 0 Å². The Morgan fingerprint density at radius 3 is 2.60 bits per heavy atom. The lowest BCUT2D eigenvalue weighted by Gasteiger charge is -2.19. The fourth-order valence-electron chi connectivity index (χ4n) is 1.19. The second-order valence-electron chi connectivity index (χ2n) is 3.02. The first kappa shape index (κ1) is 11.6. The Balaban J connectivity index is 2.78. The van der Waals surface area contributed by atoms with Crippen molar-refractivity contribution in [1.29, 1.82) is 0 Å². The van der Waals surface area contributed by atoms with Gasteiger partial charge in [0.2, 0.25) is 0 Å². The molecule has 0 bridgehead atoms. The molecule has 4 nitrogen and oxygen atoms in total. The third-order valence-electron chi connectivity index (χ3n) is 1.94. The van der Waals surface area contributed by atoms with Crippen molar-refractivity contribution in [3.05, 3.63) is 30.1 Å². The molecule has 0 aliphatic heterocycles. The third kappa shape index (κ3) is 3.28. The number of nitrogens with zero attached hydrogens (tertiary/aromatic N) is 2. The zero-order valence-electron chi connectivity index (χ0n) is 8.51. The highest BCUT2D eigenvalue weighted by molar-refractivity contribution is 7.80. The summed E-state index contributed by atoms with van der Waals surface area (Å²) in [6.07, 6.45) is 3.17. The molecule has 1 aromatic heterocycles. The Labute approximate surface area is 94.1 Å². The van der Waals surface area contributed by atoms with Crippen molar-refractivity contribution >= 4 is 23.1 Å². The number of pyridine rings is 1. The van der Waals surface area contributed by atoms with Crippen LogP contribution in [0.25, 0.3) is 0 Å². The Kier molecular flexibility index (Phi) is 4.17. The van der Waals surface area contributed by atoms with Gasteiger partial charge in [-0.15, -0.1) is 0 Å². The van der Waals surface area contributed by atoms with Gasteiger partial charge < -0.3 is 10.6 Å². The molecule has 0 fully saturated rings. The standard InChI is InChI=1S/C10H13N3OS/c1-2-13(7-9(11)15)10(14)8-3-5-12-6-4-8/h3-6H,2,7H2,1H3,(H2,11,15). The van der Waals surface area contributed by atoms with E-state index in [1.54, 1.807) is 29.4 Å². The molecule has 5 heteroatoms. The highest BCUT2D eigenvalue weighted by Gasteiger charge is 2.13. The van der Waals surface area contributed by atoms with Crippen LogP contribution >= 0.6 is 12.2 Å². The van der Waals surface area contributed by atoms with Gasteiger partial charge in [0.1, 0.15) is 0 Å². The number of aromatic nitrogens is 1. The lowest BCUT2D eigenvalue weighted by molar-refractivity contribution is 0.0788. The average Bonchev–Trinajstić information content (AvgIpc) is 2.26. The number of hydrogen-bond donors (Lipinski definition) is 1. The van der Waals surface area contributed by atoms with Gasteiger partial charge in [-0.25, -0.2) is 0 Å². The van der Waals surface area contributed by atoms with E-state index in [4.69, 9.17) is 18.0 Å². The van der Waals surface area contributed by atoms with Crippen LogP contribution in [-0.4, -0.2) is 33.9 Å². The smallest absolute Gasteiger partial charge is 0.254 e. The van der Waals surface area contributed by atoms with Crippen molar-refractivity contribution in [1.82, 2.24) is 9.88 Å². The molecule has 0 spiro atoms. The van der Waals surface area contributed by atoms with Crippen LogP contribution in [0.2, 0.25) is 0 Å². The number of likely N-dealkylation sites (N-methyl/N-ethyl adjacent to an activating group) is 1. The third-order valence-corrected chi connectivity index (χ3v) is 2.07. The molecule has 0 unspecified atom stereocenters. The van der Waals surface area contributed by atoms with Gasteiger partial charge in [0.25, 0.3) is 5.91 Å².